The molecular formula is C16H13N5. The van der Waals surface area contributed by atoms with E-state index >= 15 is 0 Å². The Balaban J connectivity index is 2.19. The first kappa shape index (κ1) is 13.0. The van der Waals surface area contributed by atoms with E-state index in [0.29, 0.717) is 16.9 Å². The zero-order chi connectivity index (χ0) is 14.8. The van der Waals surface area contributed by atoms with Crippen molar-refractivity contribution in [1.82, 2.24) is 15.0 Å². The van der Waals surface area contributed by atoms with Crippen molar-refractivity contribution in [2.45, 2.75) is 13.3 Å². The van der Waals surface area contributed by atoms with Gasteiger partial charge in [0.2, 0.25) is 0 Å². The first-order valence-corrected chi connectivity index (χ1v) is 6.53. The Bertz CT molecular complexity index is 864. The summed E-state index contributed by atoms with van der Waals surface area (Å²) in [5.41, 5.74) is 11.5. The number of nitrogens with zero attached hydrogens (tertiary/aromatic N) is 4. The summed E-state index contributed by atoms with van der Waals surface area (Å²) in [7, 11) is 0. The topological polar surface area (TPSA) is 88.5 Å². The third kappa shape index (κ3) is 2.39. The normalized spacial score (nSPS) is 10.5. The maximum Gasteiger partial charge on any atom is 0.112 e. The van der Waals surface area contributed by atoms with Gasteiger partial charge in [0, 0.05) is 18.0 Å². The number of nitrogens with two attached hydrogens (primary N) is 1. The summed E-state index contributed by atoms with van der Waals surface area (Å²) in [5.74, 6) is 0. The summed E-state index contributed by atoms with van der Waals surface area (Å²) in [6.45, 7) is 2.01. The van der Waals surface area contributed by atoms with E-state index in [1.54, 1.807) is 24.5 Å². The fraction of sp³-hybridized carbons (Fsp3) is 0.125. The second-order valence-electron chi connectivity index (χ2n) is 4.79. The van der Waals surface area contributed by atoms with Gasteiger partial charge < -0.3 is 5.73 Å². The molecule has 3 rings (SSSR count). The van der Waals surface area contributed by atoms with E-state index in [1.165, 1.54) is 0 Å². The van der Waals surface area contributed by atoms with Crippen molar-refractivity contribution in [1.29, 1.82) is 5.26 Å². The Morgan fingerprint density at radius 3 is 2.86 bits per heavy atom. The van der Waals surface area contributed by atoms with Crippen LogP contribution < -0.4 is 5.73 Å². The lowest BCUT2D eigenvalue weighted by molar-refractivity contribution is 1.14. The Hall–Kier alpha value is -3.00. The molecule has 5 heteroatoms. The first-order valence-electron chi connectivity index (χ1n) is 6.53. The molecule has 102 valence electrons. The molecule has 0 bridgehead atoms. The minimum absolute atomic E-state index is 0.263. The molecule has 0 aromatic carbocycles. The molecule has 0 aliphatic heterocycles. The number of nitrogen functional groups attached to an aromatic ring is 1. The van der Waals surface area contributed by atoms with E-state index in [0.717, 1.165) is 22.3 Å². The number of hydrogen-bond donors (Lipinski definition) is 1. The fourth-order valence-electron chi connectivity index (χ4n) is 2.22. The average Bonchev–Trinajstić information content (AvgIpc) is 2.48. The van der Waals surface area contributed by atoms with Crippen LogP contribution in [0.15, 0.2) is 36.7 Å². The lowest BCUT2D eigenvalue weighted by Crippen LogP contribution is -1.98. The van der Waals surface area contributed by atoms with Crippen LogP contribution >= 0.6 is 0 Å². The van der Waals surface area contributed by atoms with Gasteiger partial charge in [0.05, 0.1) is 35.1 Å². The highest BCUT2D eigenvalue weighted by Crippen LogP contribution is 2.26. The van der Waals surface area contributed by atoms with Crippen molar-refractivity contribution in [2.75, 3.05) is 5.73 Å². The van der Waals surface area contributed by atoms with Crippen molar-refractivity contribution < 1.29 is 0 Å². The van der Waals surface area contributed by atoms with Crippen molar-refractivity contribution >= 4 is 16.7 Å². The van der Waals surface area contributed by atoms with Crippen molar-refractivity contribution in [3.8, 4) is 17.3 Å². The molecule has 2 N–H and O–H groups in total. The Morgan fingerprint density at radius 2 is 2.10 bits per heavy atom. The third-order valence-electron chi connectivity index (χ3n) is 3.31. The van der Waals surface area contributed by atoms with Crippen LogP contribution in [0.4, 0.5) is 5.69 Å². The van der Waals surface area contributed by atoms with E-state index in [1.807, 2.05) is 19.1 Å². The predicted molar refractivity (Wildman–Crippen MR) is 81.2 cm³/mol. The number of hydrogen-bond acceptors (Lipinski definition) is 5. The fourth-order valence-corrected chi connectivity index (χ4v) is 2.22. The number of aromatic nitrogens is 3. The van der Waals surface area contributed by atoms with E-state index in [9.17, 15) is 0 Å². The second kappa shape index (κ2) is 5.17. The summed E-state index contributed by atoms with van der Waals surface area (Å²) in [4.78, 5) is 13.1. The predicted octanol–water partition coefficient (Wildman–Crippen LogP) is 2.65. The summed E-state index contributed by atoms with van der Waals surface area (Å²) in [5, 5.41) is 8.74. The molecule has 0 aliphatic rings. The van der Waals surface area contributed by atoms with Gasteiger partial charge in [0.25, 0.3) is 0 Å². The van der Waals surface area contributed by atoms with Crippen LogP contribution in [0.2, 0.25) is 0 Å². The molecule has 0 fully saturated rings. The molecule has 0 saturated carbocycles. The molecule has 0 spiro atoms. The molecule has 0 aliphatic carbocycles. The molecule has 0 atom stereocenters. The van der Waals surface area contributed by atoms with Crippen molar-refractivity contribution in [3.05, 3.63) is 47.9 Å². The van der Waals surface area contributed by atoms with Gasteiger partial charge in [-0.25, -0.2) is 9.97 Å². The maximum absolute atomic E-state index is 8.74. The van der Waals surface area contributed by atoms with Gasteiger partial charge in [-0.2, -0.15) is 5.26 Å². The quantitative estimate of drug-likeness (QED) is 0.776. The summed E-state index contributed by atoms with van der Waals surface area (Å²) >= 11 is 0. The average molecular weight is 275 g/mol. The van der Waals surface area contributed by atoms with Crippen LogP contribution in [0, 0.1) is 18.3 Å². The summed E-state index contributed by atoms with van der Waals surface area (Å²) in [6.07, 6.45) is 3.79. The largest absolute Gasteiger partial charge is 0.397 e. The van der Waals surface area contributed by atoms with Crippen LogP contribution in [0.1, 0.15) is 11.3 Å². The van der Waals surface area contributed by atoms with E-state index in [-0.39, 0.29) is 6.42 Å². The van der Waals surface area contributed by atoms with Gasteiger partial charge in [0.1, 0.15) is 5.52 Å². The highest BCUT2D eigenvalue weighted by molar-refractivity contribution is 5.89. The molecule has 0 saturated heterocycles. The number of pyridine rings is 3. The minimum atomic E-state index is 0.263. The number of anilines is 1. The Morgan fingerprint density at radius 1 is 1.24 bits per heavy atom. The molecular weight excluding hydrogens is 262 g/mol. The zero-order valence-corrected chi connectivity index (χ0v) is 11.5. The van der Waals surface area contributed by atoms with Crippen LogP contribution in [-0.4, -0.2) is 15.0 Å². The zero-order valence-electron chi connectivity index (χ0n) is 11.5. The maximum atomic E-state index is 8.74. The smallest absolute Gasteiger partial charge is 0.112 e. The highest BCUT2D eigenvalue weighted by atomic mass is 14.8. The monoisotopic (exact) mass is 275 g/mol. The van der Waals surface area contributed by atoms with Gasteiger partial charge in [-0.1, -0.05) is 0 Å². The summed E-state index contributed by atoms with van der Waals surface area (Å²) < 4.78 is 0. The molecule has 3 aromatic rings. The number of fused-ring (bicyclic) bond motifs is 1. The van der Waals surface area contributed by atoms with Crippen LogP contribution in [0.5, 0.6) is 0 Å². The highest BCUT2D eigenvalue weighted by Gasteiger charge is 2.09. The molecule has 5 nitrogen and oxygen atoms in total. The van der Waals surface area contributed by atoms with Crippen LogP contribution in [0.25, 0.3) is 22.3 Å². The number of aryl methyl sites for hydroxylation is 1. The van der Waals surface area contributed by atoms with Gasteiger partial charge in [-0.05, 0) is 36.8 Å². The van der Waals surface area contributed by atoms with Crippen LogP contribution in [-0.2, 0) is 6.42 Å². The second-order valence-corrected chi connectivity index (χ2v) is 4.79. The first-order chi connectivity index (χ1) is 10.2. The van der Waals surface area contributed by atoms with Crippen molar-refractivity contribution in [3.63, 3.8) is 0 Å². The lowest BCUT2D eigenvalue weighted by Gasteiger charge is -2.08. The molecule has 21 heavy (non-hydrogen) atoms. The molecule has 0 unspecified atom stereocenters. The minimum Gasteiger partial charge on any atom is -0.397 e. The van der Waals surface area contributed by atoms with Gasteiger partial charge in [-0.3, -0.25) is 4.98 Å². The van der Waals surface area contributed by atoms with Gasteiger partial charge >= 0.3 is 0 Å². The van der Waals surface area contributed by atoms with Gasteiger partial charge in [0.15, 0.2) is 0 Å². The van der Waals surface area contributed by atoms with E-state index in [4.69, 9.17) is 11.0 Å². The number of rotatable bonds is 2. The summed E-state index contributed by atoms with van der Waals surface area (Å²) in [6, 6.07) is 9.47. The van der Waals surface area contributed by atoms with Gasteiger partial charge in [-0.15, -0.1) is 0 Å². The molecule has 3 aromatic heterocycles. The van der Waals surface area contributed by atoms with Crippen LogP contribution in [0.3, 0.4) is 0 Å². The van der Waals surface area contributed by atoms with E-state index < -0.39 is 0 Å². The van der Waals surface area contributed by atoms with E-state index in [2.05, 4.69) is 21.0 Å². The Kier molecular flexibility index (Phi) is 3.20. The molecule has 3 heterocycles. The lowest BCUT2D eigenvalue weighted by atomic mass is 10.1. The molecule has 0 radical (unpaired) electrons. The standard InChI is InChI=1S/C16H13N5/c1-10-5-7-19-9-12(10)15-8-13(18)16-14(21-15)3-2-11(20-16)4-6-17/h2-3,5,7-9H,4H2,1H3,(H2,18,21). The SMILES string of the molecule is Cc1ccncc1-c1cc(N)c2nc(CC#N)ccc2n1. The third-order valence-corrected chi connectivity index (χ3v) is 3.31. The molecule has 0 amide bonds. The number of nitriles is 1. The Labute approximate surface area is 122 Å². The van der Waals surface area contributed by atoms with Crippen molar-refractivity contribution in [2.24, 2.45) is 0 Å².